The van der Waals surface area contributed by atoms with Crippen molar-refractivity contribution in [1.82, 2.24) is 10.1 Å². The van der Waals surface area contributed by atoms with E-state index in [4.69, 9.17) is 4.52 Å². The van der Waals surface area contributed by atoms with Crippen LogP contribution < -0.4 is 5.32 Å². The summed E-state index contributed by atoms with van der Waals surface area (Å²) in [6.07, 6.45) is 3.18. The minimum absolute atomic E-state index is 0.175. The molecule has 0 bridgehead atoms. The second-order valence-corrected chi connectivity index (χ2v) is 5.42. The monoisotopic (exact) mass is 307 g/mol. The van der Waals surface area contributed by atoms with Crippen LogP contribution in [-0.2, 0) is 0 Å². The smallest absolute Gasteiger partial charge is 0.257 e. The Hall–Kier alpha value is -2.95. The van der Waals surface area contributed by atoms with Gasteiger partial charge in [0.2, 0.25) is 0 Å². The molecule has 0 atom stereocenters. The Morgan fingerprint density at radius 2 is 2.00 bits per heavy atom. The van der Waals surface area contributed by atoms with Crippen molar-refractivity contribution in [2.45, 2.75) is 20.8 Å². The third-order valence-electron chi connectivity index (χ3n) is 3.72. The lowest BCUT2D eigenvalue weighted by molar-refractivity contribution is 0.102. The molecule has 0 aliphatic rings. The number of aromatic nitrogens is 2. The minimum Gasteiger partial charge on any atom is -0.361 e. The van der Waals surface area contributed by atoms with Crippen LogP contribution in [0.2, 0.25) is 0 Å². The highest BCUT2D eigenvalue weighted by Gasteiger charge is 2.13. The van der Waals surface area contributed by atoms with Gasteiger partial charge in [0.05, 0.1) is 11.3 Å². The van der Waals surface area contributed by atoms with E-state index in [1.807, 2.05) is 39.0 Å². The van der Waals surface area contributed by atoms with Gasteiger partial charge in [0.1, 0.15) is 5.76 Å². The van der Waals surface area contributed by atoms with Gasteiger partial charge in [-0.05, 0) is 56.2 Å². The molecular weight excluding hydrogens is 290 g/mol. The van der Waals surface area contributed by atoms with Crippen LogP contribution in [0.1, 0.15) is 27.4 Å². The predicted octanol–water partition coefficient (Wildman–Crippen LogP) is 3.91. The summed E-state index contributed by atoms with van der Waals surface area (Å²) in [6, 6.07) is 9.34. The molecule has 5 nitrogen and oxygen atoms in total. The molecule has 3 rings (SSSR count). The van der Waals surface area contributed by atoms with Crippen molar-refractivity contribution in [3.8, 4) is 11.1 Å². The normalized spacial score (nSPS) is 10.6. The van der Waals surface area contributed by atoms with Crippen LogP contribution in [0.4, 0.5) is 5.69 Å². The number of benzene rings is 1. The summed E-state index contributed by atoms with van der Waals surface area (Å²) in [4.78, 5) is 16.2. The fourth-order valence-electron chi connectivity index (χ4n) is 2.55. The molecule has 1 N–H and O–H groups in total. The zero-order valence-electron chi connectivity index (χ0n) is 13.3. The van der Waals surface area contributed by atoms with Gasteiger partial charge in [-0.3, -0.25) is 9.78 Å². The molecule has 0 unspecified atom stereocenters. The van der Waals surface area contributed by atoms with Crippen LogP contribution in [0.3, 0.4) is 0 Å². The molecule has 1 aromatic carbocycles. The molecule has 0 saturated carbocycles. The van der Waals surface area contributed by atoms with Crippen molar-refractivity contribution < 1.29 is 9.32 Å². The number of hydrogen-bond acceptors (Lipinski definition) is 4. The van der Waals surface area contributed by atoms with E-state index in [2.05, 4.69) is 15.5 Å². The first-order valence-electron chi connectivity index (χ1n) is 7.31. The largest absolute Gasteiger partial charge is 0.361 e. The molecular formula is C18H17N3O2. The second-order valence-electron chi connectivity index (χ2n) is 5.42. The van der Waals surface area contributed by atoms with Gasteiger partial charge >= 0.3 is 0 Å². The van der Waals surface area contributed by atoms with Crippen LogP contribution in [0.15, 0.2) is 47.2 Å². The number of carbonyl (C=O) groups is 1. The highest BCUT2D eigenvalue weighted by molar-refractivity contribution is 6.04. The molecule has 0 radical (unpaired) electrons. The number of nitrogens with one attached hydrogen (secondary N) is 1. The van der Waals surface area contributed by atoms with E-state index in [9.17, 15) is 4.79 Å². The van der Waals surface area contributed by atoms with Crippen molar-refractivity contribution >= 4 is 11.6 Å². The van der Waals surface area contributed by atoms with E-state index in [1.165, 1.54) is 0 Å². The van der Waals surface area contributed by atoms with Gasteiger partial charge in [0, 0.05) is 23.6 Å². The number of anilines is 1. The van der Waals surface area contributed by atoms with Crippen molar-refractivity contribution in [2.24, 2.45) is 0 Å². The third-order valence-corrected chi connectivity index (χ3v) is 3.72. The lowest BCUT2D eigenvalue weighted by Crippen LogP contribution is -2.12. The van der Waals surface area contributed by atoms with Crippen molar-refractivity contribution in [3.63, 3.8) is 0 Å². The summed E-state index contributed by atoms with van der Waals surface area (Å²) in [5, 5.41) is 6.89. The maximum Gasteiger partial charge on any atom is 0.257 e. The van der Waals surface area contributed by atoms with E-state index in [0.717, 1.165) is 33.8 Å². The molecule has 0 saturated heterocycles. The highest BCUT2D eigenvalue weighted by atomic mass is 16.5. The van der Waals surface area contributed by atoms with Gasteiger partial charge in [-0.2, -0.15) is 0 Å². The van der Waals surface area contributed by atoms with Gasteiger partial charge in [0.25, 0.3) is 5.91 Å². The summed E-state index contributed by atoms with van der Waals surface area (Å²) in [7, 11) is 0. The summed E-state index contributed by atoms with van der Waals surface area (Å²) >= 11 is 0. The summed E-state index contributed by atoms with van der Waals surface area (Å²) in [6.45, 7) is 5.77. The maximum atomic E-state index is 12.2. The molecule has 23 heavy (non-hydrogen) atoms. The van der Waals surface area contributed by atoms with E-state index < -0.39 is 0 Å². The topological polar surface area (TPSA) is 68.0 Å². The highest BCUT2D eigenvalue weighted by Crippen LogP contribution is 2.29. The number of hydrogen-bond donors (Lipinski definition) is 1. The van der Waals surface area contributed by atoms with Crippen LogP contribution in [0, 0.1) is 20.8 Å². The van der Waals surface area contributed by atoms with Crippen molar-refractivity contribution in [1.29, 1.82) is 0 Å². The van der Waals surface area contributed by atoms with Gasteiger partial charge in [-0.1, -0.05) is 11.2 Å². The Morgan fingerprint density at radius 1 is 1.17 bits per heavy atom. The lowest BCUT2D eigenvalue weighted by Gasteiger charge is -2.10. The Labute approximate surface area is 134 Å². The summed E-state index contributed by atoms with van der Waals surface area (Å²) < 4.78 is 5.22. The predicted molar refractivity (Wildman–Crippen MR) is 88.3 cm³/mol. The fourth-order valence-corrected chi connectivity index (χ4v) is 2.55. The molecule has 1 amide bonds. The average molecular weight is 307 g/mol. The summed E-state index contributed by atoms with van der Waals surface area (Å²) in [5.74, 6) is 0.611. The summed E-state index contributed by atoms with van der Waals surface area (Å²) in [5.41, 5.74) is 5.15. The number of aryl methyl sites for hydroxylation is 3. The van der Waals surface area contributed by atoms with Gasteiger partial charge in [-0.15, -0.1) is 0 Å². The van der Waals surface area contributed by atoms with Crippen LogP contribution in [-0.4, -0.2) is 16.0 Å². The molecule has 0 aliphatic heterocycles. The van der Waals surface area contributed by atoms with Gasteiger partial charge in [0.15, 0.2) is 0 Å². The minimum atomic E-state index is -0.175. The zero-order chi connectivity index (χ0) is 16.4. The average Bonchev–Trinajstić information content (AvgIpc) is 2.89. The molecule has 116 valence electrons. The number of carbonyl (C=O) groups excluding carboxylic acids is 1. The number of nitrogens with zero attached hydrogens (tertiary/aromatic N) is 2. The van der Waals surface area contributed by atoms with E-state index in [0.29, 0.717) is 5.56 Å². The SMILES string of the molecule is Cc1cc(-c2c(C)noc2C)ccc1NC(=O)c1cccnc1. The number of pyridine rings is 1. The van der Waals surface area contributed by atoms with Crippen LogP contribution in [0.5, 0.6) is 0 Å². The molecule has 2 aromatic heterocycles. The fraction of sp³-hybridized carbons (Fsp3) is 0.167. The Morgan fingerprint density at radius 3 is 2.61 bits per heavy atom. The van der Waals surface area contributed by atoms with Crippen LogP contribution >= 0.6 is 0 Å². The lowest BCUT2D eigenvalue weighted by atomic mass is 10.0. The first kappa shape index (κ1) is 15.0. The first-order chi connectivity index (χ1) is 11.1. The number of rotatable bonds is 3. The molecule has 2 heterocycles. The van der Waals surface area contributed by atoms with Crippen molar-refractivity contribution in [2.75, 3.05) is 5.32 Å². The number of amides is 1. The van der Waals surface area contributed by atoms with Gasteiger partial charge < -0.3 is 9.84 Å². The Kier molecular flexibility index (Phi) is 3.93. The maximum absolute atomic E-state index is 12.2. The van der Waals surface area contributed by atoms with E-state index >= 15 is 0 Å². The van der Waals surface area contributed by atoms with Crippen LogP contribution in [0.25, 0.3) is 11.1 Å². The molecule has 0 spiro atoms. The Bertz CT molecular complexity index is 834. The quantitative estimate of drug-likeness (QED) is 0.796. The molecule has 5 heteroatoms. The first-order valence-corrected chi connectivity index (χ1v) is 7.31. The third kappa shape index (κ3) is 2.99. The van der Waals surface area contributed by atoms with Gasteiger partial charge in [-0.25, -0.2) is 0 Å². The van der Waals surface area contributed by atoms with Crippen molar-refractivity contribution in [3.05, 3.63) is 65.3 Å². The van der Waals surface area contributed by atoms with E-state index in [-0.39, 0.29) is 5.91 Å². The molecule has 0 aliphatic carbocycles. The standard InChI is InChI=1S/C18H17N3O2/c1-11-9-14(17-12(2)21-23-13(17)3)6-7-16(11)20-18(22)15-5-4-8-19-10-15/h4-10H,1-3H3,(H,20,22). The molecule has 0 fully saturated rings. The second kappa shape index (κ2) is 6.04. The Balaban J connectivity index is 1.87. The van der Waals surface area contributed by atoms with E-state index in [1.54, 1.807) is 24.5 Å². The molecule has 3 aromatic rings. The zero-order valence-corrected chi connectivity index (χ0v) is 13.3.